The monoisotopic (exact) mass is 355 g/mol. The lowest BCUT2D eigenvalue weighted by atomic mass is 9.99. The lowest BCUT2D eigenvalue weighted by Crippen LogP contribution is -2.19. The van der Waals surface area contributed by atoms with E-state index in [4.69, 9.17) is 14.7 Å². The van der Waals surface area contributed by atoms with Crippen LogP contribution in [0.5, 0.6) is 0 Å². The number of nitrogens with one attached hydrogen (secondary N) is 1. The summed E-state index contributed by atoms with van der Waals surface area (Å²) in [6.45, 7) is 9.19. The van der Waals surface area contributed by atoms with Gasteiger partial charge in [0.2, 0.25) is 0 Å². The molecule has 4 nitrogen and oxygen atoms in total. The molecule has 1 aliphatic rings. The topological polar surface area (TPSA) is 47.0 Å². The fourth-order valence-corrected chi connectivity index (χ4v) is 3.01. The highest BCUT2D eigenvalue weighted by molar-refractivity contribution is 9.10. The molecule has 0 saturated carbocycles. The molecule has 1 aromatic rings. The smallest absolute Gasteiger partial charge is 0.144 e. The van der Waals surface area contributed by atoms with E-state index in [9.17, 15) is 0 Å². The molecule has 0 unspecified atom stereocenters. The third-order valence-corrected chi connectivity index (χ3v) is 4.50. The van der Waals surface area contributed by atoms with Crippen molar-refractivity contribution in [2.75, 3.05) is 25.1 Å². The number of rotatable bonds is 6. The van der Waals surface area contributed by atoms with E-state index >= 15 is 0 Å². The van der Waals surface area contributed by atoms with Gasteiger partial charge in [0.25, 0.3) is 0 Å². The molecule has 0 radical (unpaired) electrons. The number of halogens is 1. The fraction of sp³-hybridized carbons (Fsp3) is 0.750. The van der Waals surface area contributed by atoms with Gasteiger partial charge in [-0.25, -0.2) is 9.97 Å². The first-order valence-electron chi connectivity index (χ1n) is 7.99. The molecule has 0 atom stereocenters. The number of aromatic nitrogens is 2. The third-order valence-electron chi connectivity index (χ3n) is 3.67. The number of hydrogen-bond donors (Lipinski definition) is 1. The van der Waals surface area contributed by atoms with Crippen LogP contribution < -0.4 is 5.32 Å². The van der Waals surface area contributed by atoms with Crippen LogP contribution in [0, 0.1) is 5.92 Å². The van der Waals surface area contributed by atoms with Crippen molar-refractivity contribution in [3.05, 3.63) is 16.0 Å². The van der Waals surface area contributed by atoms with Crippen LogP contribution in [0.4, 0.5) is 5.82 Å². The lowest BCUT2D eigenvalue weighted by Gasteiger charge is -2.23. The SMILES string of the molecule is CCCNc1nc(C2CCOCC2)nc(CC(C)C)c1Br. The van der Waals surface area contributed by atoms with Gasteiger partial charge in [0.05, 0.1) is 10.2 Å². The van der Waals surface area contributed by atoms with Crippen molar-refractivity contribution in [1.82, 2.24) is 9.97 Å². The van der Waals surface area contributed by atoms with Gasteiger partial charge in [-0.15, -0.1) is 0 Å². The van der Waals surface area contributed by atoms with Crippen LogP contribution in [-0.2, 0) is 11.2 Å². The first-order valence-corrected chi connectivity index (χ1v) is 8.79. The summed E-state index contributed by atoms with van der Waals surface area (Å²) < 4.78 is 6.48. The second-order valence-electron chi connectivity index (χ2n) is 6.10. The second kappa shape index (κ2) is 8.08. The third kappa shape index (κ3) is 4.65. The van der Waals surface area contributed by atoms with Crippen molar-refractivity contribution >= 4 is 21.7 Å². The Bertz CT molecular complexity index is 459. The predicted octanol–water partition coefficient (Wildman–Crippen LogP) is 4.15. The Morgan fingerprint density at radius 3 is 2.62 bits per heavy atom. The highest BCUT2D eigenvalue weighted by Gasteiger charge is 2.22. The average molecular weight is 356 g/mol. The zero-order valence-corrected chi connectivity index (χ0v) is 14.9. The Morgan fingerprint density at radius 1 is 1.29 bits per heavy atom. The highest BCUT2D eigenvalue weighted by Crippen LogP contribution is 2.31. The van der Waals surface area contributed by atoms with Crippen LogP contribution in [0.1, 0.15) is 57.5 Å². The highest BCUT2D eigenvalue weighted by atomic mass is 79.9. The quantitative estimate of drug-likeness (QED) is 0.832. The van der Waals surface area contributed by atoms with E-state index in [1.807, 2.05) is 0 Å². The lowest BCUT2D eigenvalue weighted by molar-refractivity contribution is 0.0835. The van der Waals surface area contributed by atoms with Crippen LogP contribution >= 0.6 is 15.9 Å². The minimum absolute atomic E-state index is 0.430. The van der Waals surface area contributed by atoms with Crippen LogP contribution in [0.25, 0.3) is 0 Å². The summed E-state index contributed by atoms with van der Waals surface area (Å²) in [6, 6.07) is 0. The average Bonchev–Trinajstić information content (AvgIpc) is 2.48. The molecule has 0 bridgehead atoms. The van der Waals surface area contributed by atoms with E-state index in [0.29, 0.717) is 11.8 Å². The summed E-state index contributed by atoms with van der Waals surface area (Å²) in [5.41, 5.74) is 1.13. The van der Waals surface area contributed by atoms with E-state index in [1.54, 1.807) is 0 Å². The molecule has 21 heavy (non-hydrogen) atoms. The van der Waals surface area contributed by atoms with E-state index < -0.39 is 0 Å². The second-order valence-corrected chi connectivity index (χ2v) is 6.90. The Morgan fingerprint density at radius 2 is 2.00 bits per heavy atom. The summed E-state index contributed by atoms with van der Waals surface area (Å²) in [6.07, 6.45) is 4.11. The molecule has 1 aliphatic heterocycles. The van der Waals surface area contributed by atoms with Gasteiger partial charge in [0.1, 0.15) is 11.6 Å². The molecule has 0 spiro atoms. The summed E-state index contributed by atoms with van der Waals surface area (Å²) in [7, 11) is 0. The van der Waals surface area contributed by atoms with Crippen molar-refractivity contribution in [2.45, 2.75) is 52.4 Å². The summed E-state index contributed by atoms with van der Waals surface area (Å²) in [5.74, 6) is 2.94. The molecule has 1 aromatic heterocycles. The van der Waals surface area contributed by atoms with Crippen LogP contribution in [0.3, 0.4) is 0 Å². The van der Waals surface area contributed by atoms with Crippen molar-refractivity contribution in [2.24, 2.45) is 5.92 Å². The van der Waals surface area contributed by atoms with Gasteiger partial charge < -0.3 is 10.1 Å². The Balaban J connectivity index is 2.29. The van der Waals surface area contributed by atoms with Gasteiger partial charge in [0.15, 0.2) is 0 Å². The van der Waals surface area contributed by atoms with Crippen LogP contribution in [0.15, 0.2) is 4.47 Å². The molecule has 1 fully saturated rings. The standard InChI is InChI=1S/C16H26BrN3O/c1-4-7-18-16-14(17)13(10-11(2)3)19-15(20-16)12-5-8-21-9-6-12/h11-12H,4-10H2,1-3H3,(H,18,19,20). The minimum atomic E-state index is 0.430. The molecule has 2 heterocycles. The number of nitrogens with zero attached hydrogens (tertiary/aromatic N) is 2. The van der Waals surface area contributed by atoms with Crippen molar-refractivity contribution in [3.63, 3.8) is 0 Å². The zero-order valence-electron chi connectivity index (χ0n) is 13.3. The van der Waals surface area contributed by atoms with E-state index in [1.165, 1.54) is 0 Å². The zero-order chi connectivity index (χ0) is 15.2. The van der Waals surface area contributed by atoms with Gasteiger partial charge in [-0.2, -0.15) is 0 Å². The maximum Gasteiger partial charge on any atom is 0.144 e. The number of anilines is 1. The fourth-order valence-electron chi connectivity index (χ4n) is 2.53. The first-order chi connectivity index (χ1) is 10.1. The molecule has 5 heteroatoms. The molecule has 0 amide bonds. The van der Waals surface area contributed by atoms with E-state index in [0.717, 1.165) is 67.3 Å². The summed E-state index contributed by atoms with van der Waals surface area (Å²) >= 11 is 3.69. The normalized spacial score (nSPS) is 16.4. The van der Waals surface area contributed by atoms with Crippen molar-refractivity contribution < 1.29 is 4.74 Å². The maximum atomic E-state index is 5.45. The Labute approximate surface area is 136 Å². The predicted molar refractivity (Wildman–Crippen MR) is 89.8 cm³/mol. The largest absolute Gasteiger partial charge is 0.381 e. The molecular weight excluding hydrogens is 330 g/mol. The van der Waals surface area contributed by atoms with Gasteiger partial charge in [-0.05, 0) is 47.5 Å². The Kier molecular flexibility index (Phi) is 6.42. The number of hydrogen-bond acceptors (Lipinski definition) is 4. The van der Waals surface area contributed by atoms with Gasteiger partial charge in [-0.3, -0.25) is 0 Å². The summed E-state index contributed by atoms with van der Waals surface area (Å²) in [5, 5.41) is 3.43. The molecule has 0 aromatic carbocycles. The molecule has 1 saturated heterocycles. The molecule has 2 rings (SSSR count). The van der Waals surface area contributed by atoms with Crippen molar-refractivity contribution in [3.8, 4) is 0 Å². The van der Waals surface area contributed by atoms with Crippen LogP contribution in [0.2, 0.25) is 0 Å². The molecular formula is C16H26BrN3O. The minimum Gasteiger partial charge on any atom is -0.381 e. The van der Waals surface area contributed by atoms with Gasteiger partial charge in [0, 0.05) is 25.7 Å². The van der Waals surface area contributed by atoms with Gasteiger partial charge >= 0.3 is 0 Å². The van der Waals surface area contributed by atoms with E-state index in [-0.39, 0.29) is 0 Å². The Hall–Kier alpha value is -0.680. The first kappa shape index (κ1) is 16.7. The molecule has 118 valence electrons. The maximum absolute atomic E-state index is 5.45. The van der Waals surface area contributed by atoms with Gasteiger partial charge in [-0.1, -0.05) is 20.8 Å². The van der Waals surface area contributed by atoms with E-state index in [2.05, 4.69) is 42.0 Å². The number of ether oxygens (including phenoxy) is 1. The van der Waals surface area contributed by atoms with Crippen LogP contribution in [-0.4, -0.2) is 29.7 Å². The van der Waals surface area contributed by atoms with Crippen molar-refractivity contribution in [1.29, 1.82) is 0 Å². The molecule has 0 aliphatic carbocycles. The summed E-state index contributed by atoms with van der Waals surface area (Å²) in [4.78, 5) is 9.63. The molecule has 1 N–H and O–H groups in total.